The van der Waals surface area contributed by atoms with Crippen LogP contribution in [-0.4, -0.2) is 16.0 Å². The maximum absolute atomic E-state index is 14.1. The highest BCUT2D eigenvalue weighted by atomic mass is 35.5. The summed E-state index contributed by atoms with van der Waals surface area (Å²) in [6.07, 6.45) is -0.226. The van der Waals surface area contributed by atoms with Crippen LogP contribution in [0.25, 0.3) is 0 Å². The number of ether oxygens (including phenoxy) is 1. The SMILES string of the molecule is CCP(=O)(O)c1cc(Oc2c(F)c(F)c(C)c(F)c2Cl)cc([N+](=O)[O-])c1.Cl. The second-order valence-corrected chi connectivity index (χ2v) is 8.20. The number of benzene rings is 2. The standard InChI is InChI=1S/C15H12ClF3NO5P.ClH/c1-3-26(23,24)10-5-8(20(21)22)4-9(6-10)25-15-11(16)12(17)7(2)13(18)14(15)19;/h4-6H,3H2,1-2H3,(H,23,24);1H. The van der Waals surface area contributed by atoms with Gasteiger partial charge in [0, 0.05) is 23.1 Å². The lowest BCUT2D eigenvalue weighted by molar-refractivity contribution is -0.384. The van der Waals surface area contributed by atoms with Crippen LogP contribution in [-0.2, 0) is 4.57 Å². The lowest BCUT2D eigenvalue weighted by Crippen LogP contribution is -2.08. The Kier molecular flexibility index (Phi) is 7.30. The van der Waals surface area contributed by atoms with Crippen LogP contribution in [0.5, 0.6) is 11.5 Å². The van der Waals surface area contributed by atoms with E-state index >= 15 is 0 Å². The number of rotatable bonds is 5. The predicted molar refractivity (Wildman–Crippen MR) is 96.5 cm³/mol. The molecule has 1 atom stereocenters. The van der Waals surface area contributed by atoms with Crippen LogP contribution >= 0.6 is 31.4 Å². The normalized spacial score (nSPS) is 12.9. The Hall–Kier alpha value is -1.80. The predicted octanol–water partition coefficient (Wildman–Crippen LogP) is 5.10. The summed E-state index contributed by atoms with van der Waals surface area (Å²) < 4.78 is 58.7. The topological polar surface area (TPSA) is 89.7 Å². The molecule has 0 aliphatic rings. The minimum atomic E-state index is -3.93. The van der Waals surface area contributed by atoms with Crippen LogP contribution in [0.3, 0.4) is 0 Å². The van der Waals surface area contributed by atoms with Gasteiger partial charge in [-0.05, 0) is 13.0 Å². The van der Waals surface area contributed by atoms with Gasteiger partial charge in [-0.15, -0.1) is 12.4 Å². The van der Waals surface area contributed by atoms with Gasteiger partial charge in [0.2, 0.25) is 13.2 Å². The summed E-state index contributed by atoms with van der Waals surface area (Å²) in [7, 11) is -3.93. The zero-order valence-electron chi connectivity index (χ0n) is 13.8. The molecule has 0 aliphatic carbocycles. The van der Waals surface area contributed by atoms with Gasteiger partial charge < -0.3 is 9.63 Å². The van der Waals surface area contributed by atoms with E-state index in [0.717, 1.165) is 25.1 Å². The monoisotopic (exact) mass is 445 g/mol. The first-order valence-electron chi connectivity index (χ1n) is 7.11. The molecular formula is C15H13Cl2F3NO5P. The minimum absolute atomic E-state index is 0. The van der Waals surface area contributed by atoms with Crippen molar-refractivity contribution < 1.29 is 32.3 Å². The van der Waals surface area contributed by atoms with Gasteiger partial charge in [0.1, 0.15) is 10.8 Å². The minimum Gasteiger partial charge on any atom is -0.452 e. The third-order valence-corrected chi connectivity index (χ3v) is 5.84. The molecule has 0 fully saturated rings. The molecule has 27 heavy (non-hydrogen) atoms. The molecule has 0 spiro atoms. The van der Waals surface area contributed by atoms with Crippen molar-refractivity contribution >= 4 is 42.4 Å². The number of nitro groups is 1. The van der Waals surface area contributed by atoms with Crippen LogP contribution < -0.4 is 10.0 Å². The molecule has 2 rings (SSSR count). The van der Waals surface area contributed by atoms with Crippen molar-refractivity contribution in [1.29, 1.82) is 0 Å². The van der Waals surface area contributed by atoms with Crippen molar-refractivity contribution in [3.05, 3.63) is 56.4 Å². The number of hydrogen-bond acceptors (Lipinski definition) is 4. The molecule has 0 radical (unpaired) electrons. The summed E-state index contributed by atoms with van der Waals surface area (Å²) in [6.45, 7) is 2.36. The van der Waals surface area contributed by atoms with E-state index in [9.17, 15) is 32.7 Å². The average Bonchev–Trinajstić information content (AvgIpc) is 2.61. The summed E-state index contributed by atoms with van der Waals surface area (Å²) >= 11 is 5.64. The van der Waals surface area contributed by atoms with Crippen LogP contribution in [0.1, 0.15) is 12.5 Å². The molecule has 2 aromatic rings. The number of nitrogens with zero attached hydrogens (tertiary/aromatic N) is 1. The van der Waals surface area contributed by atoms with Crippen molar-refractivity contribution in [2.75, 3.05) is 6.16 Å². The molecule has 0 aromatic heterocycles. The van der Waals surface area contributed by atoms with E-state index in [0.29, 0.717) is 0 Å². The highest BCUT2D eigenvalue weighted by Crippen LogP contribution is 2.42. The maximum atomic E-state index is 14.1. The molecule has 0 amide bonds. The molecule has 0 bridgehead atoms. The Balaban J connectivity index is 0.00000364. The third-order valence-electron chi connectivity index (χ3n) is 3.58. The fourth-order valence-electron chi connectivity index (χ4n) is 2.05. The van der Waals surface area contributed by atoms with Crippen LogP contribution in [0.2, 0.25) is 5.02 Å². The van der Waals surface area contributed by atoms with Gasteiger partial charge in [0.25, 0.3) is 5.69 Å². The molecule has 1 unspecified atom stereocenters. The van der Waals surface area contributed by atoms with Crippen molar-refractivity contribution in [2.24, 2.45) is 0 Å². The first-order valence-corrected chi connectivity index (χ1v) is 9.34. The molecular weight excluding hydrogens is 433 g/mol. The van der Waals surface area contributed by atoms with Crippen molar-refractivity contribution in [3.8, 4) is 11.5 Å². The van der Waals surface area contributed by atoms with E-state index in [1.807, 2.05) is 0 Å². The van der Waals surface area contributed by atoms with Crippen molar-refractivity contribution in [3.63, 3.8) is 0 Å². The van der Waals surface area contributed by atoms with Crippen molar-refractivity contribution in [2.45, 2.75) is 13.8 Å². The average molecular weight is 446 g/mol. The Morgan fingerprint density at radius 2 is 1.81 bits per heavy atom. The molecule has 2 aromatic carbocycles. The summed E-state index contributed by atoms with van der Waals surface area (Å²) in [4.78, 5) is 20.0. The zero-order chi connectivity index (χ0) is 19.8. The van der Waals surface area contributed by atoms with E-state index in [-0.39, 0.29) is 23.9 Å². The first-order chi connectivity index (χ1) is 12.0. The molecule has 148 valence electrons. The zero-order valence-corrected chi connectivity index (χ0v) is 16.3. The number of hydrogen-bond donors (Lipinski definition) is 1. The van der Waals surface area contributed by atoms with Gasteiger partial charge in [-0.25, -0.2) is 8.78 Å². The van der Waals surface area contributed by atoms with E-state index < -0.39 is 57.5 Å². The highest BCUT2D eigenvalue weighted by molar-refractivity contribution is 7.66. The maximum Gasteiger partial charge on any atom is 0.273 e. The van der Waals surface area contributed by atoms with E-state index in [1.54, 1.807) is 0 Å². The third kappa shape index (κ3) is 4.55. The van der Waals surface area contributed by atoms with Crippen LogP contribution in [0, 0.1) is 34.5 Å². The van der Waals surface area contributed by atoms with Gasteiger partial charge in [-0.1, -0.05) is 18.5 Å². The second kappa shape index (κ2) is 8.48. The van der Waals surface area contributed by atoms with Crippen LogP contribution in [0.4, 0.5) is 18.9 Å². The second-order valence-electron chi connectivity index (χ2n) is 5.27. The fourth-order valence-corrected chi connectivity index (χ4v) is 3.34. The molecule has 0 heterocycles. The van der Waals surface area contributed by atoms with Gasteiger partial charge in [-0.3, -0.25) is 14.7 Å². The molecule has 0 saturated heterocycles. The molecule has 12 heteroatoms. The lowest BCUT2D eigenvalue weighted by atomic mass is 10.2. The van der Waals surface area contributed by atoms with Gasteiger partial charge in [0.15, 0.2) is 17.4 Å². The van der Waals surface area contributed by atoms with Crippen LogP contribution in [0.15, 0.2) is 18.2 Å². The Bertz CT molecular complexity index is 929. The molecule has 0 aliphatic heterocycles. The van der Waals surface area contributed by atoms with E-state index in [2.05, 4.69) is 0 Å². The number of halogens is 5. The number of nitro benzene ring substituents is 1. The summed E-state index contributed by atoms with van der Waals surface area (Å²) in [5, 5.41) is 9.83. The Morgan fingerprint density at radius 1 is 1.22 bits per heavy atom. The molecule has 1 N–H and O–H groups in total. The van der Waals surface area contributed by atoms with Gasteiger partial charge in [0.05, 0.1) is 11.0 Å². The molecule has 6 nitrogen and oxygen atoms in total. The van der Waals surface area contributed by atoms with Crippen molar-refractivity contribution in [1.82, 2.24) is 0 Å². The van der Waals surface area contributed by atoms with E-state index in [4.69, 9.17) is 16.3 Å². The van der Waals surface area contributed by atoms with Gasteiger partial charge in [-0.2, -0.15) is 4.39 Å². The smallest absolute Gasteiger partial charge is 0.273 e. The first kappa shape index (κ1) is 23.2. The summed E-state index contributed by atoms with van der Waals surface area (Å²) in [5.41, 5.74) is -1.28. The summed E-state index contributed by atoms with van der Waals surface area (Å²) in [5.74, 6) is -5.88. The van der Waals surface area contributed by atoms with E-state index in [1.165, 1.54) is 6.92 Å². The quantitative estimate of drug-likeness (QED) is 0.299. The lowest BCUT2D eigenvalue weighted by Gasteiger charge is -2.14. The molecule has 0 saturated carbocycles. The Labute approximate surface area is 162 Å². The van der Waals surface area contributed by atoms with Gasteiger partial charge >= 0.3 is 0 Å². The summed E-state index contributed by atoms with van der Waals surface area (Å²) in [6, 6.07) is 2.62. The fraction of sp³-hybridized carbons (Fsp3) is 0.200. The highest BCUT2D eigenvalue weighted by Gasteiger charge is 2.26. The Morgan fingerprint density at radius 3 is 2.33 bits per heavy atom. The largest absolute Gasteiger partial charge is 0.452 e. The number of non-ortho nitro benzene ring substituents is 1.